The first-order valence-corrected chi connectivity index (χ1v) is 8.81. The zero-order valence-corrected chi connectivity index (χ0v) is 16.1. The monoisotopic (exact) mass is 339 g/mol. The Morgan fingerprint density at radius 2 is 1.52 bits per heavy atom. The van der Waals surface area contributed by atoms with Crippen molar-refractivity contribution in [3.05, 3.63) is 65.2 Å². The first-order chi connectivity index (χ1) is 11.7. The van der Waals surface area contributed by atoms with Gasteiger partial charge in [-0.2, -0.15) is 0 Å². The lowest BCUT2D eigenvalue weighted by atomic mass is 9.87. The van der Waals surface area contributed by atoms with Gasteiger partial charge < -0.3 is 10.1 Å². The third kappa shape index (κ3) is 5.35. The molecule has 0 unspecified atom stereocenters. The topological polar surface area (TPSA) is 38.3 Å². The Kier molecular flexibility index (Phi) is 5.89. The molecule has 2 aromatic rings. The molecule has 25 heavy (non-hydrogen) atoms. The summed E-state index contributed by atoms with van der Waals surface area (Å²) in [4.78, 5) is 12.4. The highest BCUT2D eigenvalue weighted by Gasteiger charge is 2.18. The summed E-state index contributed by atoms with van der Waals surface area (Å²) in [6.45, 7) is 12.3. The van der Waals surface area contributed by atoms with Crippen LogP contribution in [0.3, 0.4) is 0 Å². The van der Waals surface area contributed by atoms with E-state index in [0.717, 1.165) is 5.56 Å². The number of carbonyl (C=O) groups is 1. The second-order valence-corrected chi connectivity index (χ2v) is 7.68. The van der Waals surface area contributed by atoms with Crippen LogP contribution in [0.4, 0.5) is 0 Å². The number of aryl methyl sites for hydroxylation is 1. The van der Waals surface area contributed by atoms with Crippen LogP contribution in [0.25, 0.3) is 0 Å². The minimum Gasteiger partial charge on any atom is -0.481 e. The molecule has 0 aliphatic heterocycles. The molecule has 3 nitrogen and oxygen atoms in total. The van der Waals surface area contributed by atoms with Crippen LogP contribution in [0.5, 0.6) is 5.75 Å². The van der Waals surface area contributed by atoms with E-state index in [9.17, 15) is 4.79 Å². The smallest absolute Gasteiger partial charge is 0.261 e. The minimum absolute atomic E-state index is 0.0533. The zero-order chi connectivity index (χ0) is 18.6. The Bertz CT molecular complexity index is 696. The van der Waals surface area contributed by atoms with Crippen molar-refractivity contribution in [3.63, 3.8) is 0 Å². The van der Waals surface area contributed by atoms with Crippen molar-refractivity contribution in [3.8, 4) is 5.75 Å². The van der Waals surface area contributed by atoms with Crippen molar-refractivity contribution >= 4 is 5.91 Å². The number of carbonyl (C=O) groups excluding carboxylic acids is 1. The molecule has 1 N–H and O–H groups in total. The lowest BCUT2D eigenvalue weighted by Gasteiger charge is -2.21. The molecule has 0 aliphatic rings. The van der Waals surface area contributed by atoms with Gasteiger partial charge in [0.15, 0.2) is 6.10 Å². The van der Waals surface area contributed by atoms with E-state index in [1.165, 1.54) is 11.1 Å². The number of rotatable bonds is 5. The molecule has 0 spiro atoms. The van der Waals surface area contributed by atoms with Crippen molar-refractivity contribution in [2.45, 2.75) is 59.1 Å². The molecule has 0 fully saturated rings. The Labute approximate surface area is 151 Å². The van der Waals surface area contributed by atoms with Crippen LogP contribution < -0.4 is 10.1 Å². The van der Waals surface area contributed by atoms with E-state index < -0.39 is 6.10 Å². The molecular formula is C22H29NO2. The first-order valence-electron chi connectivity index (χ1n) is 8.81. The SMILES string of the molecule is Cc1ccc([C@H](C)NC(=O)[C@@H](C)Oc2ccc(C(C)(C)C)cc2)cc1. The average Bonchev–Trinajstić information content (AvgIpc) is 2.55. The van der Waals surface area contributed by atoms with Gasteiger partial charge >= 0.3 is 0 Å². The molecule has 0 heterocycles. The fourth-order valence-corrected chi connectivity index (χ4v) is 2.56. The predicted molar refractivity (Wildman–Crippen MR) is 103 cm³/mol. The van der Waals surface area contributed by atoms with E-state index in [1.54, 1.807) is 6.92 Å². The van der Waals surface area contributed by atoms with Crippen molar-refractivity contribution in [1.29, 1.82) is 0 Å². The quantitative estimate of drug-likeness (QED) is 0.838. The van der Waals surface area contributed by atoms with Gasteiger partial charge in [0.25, 0.3) is 5.91 Å². The van der Waals surface area contributed by atoms with Crippen LogP contribution >= 0.6 is 0 Å². The molecule has 2 rings (SSSR count). The molecule has 0 saturated heterocycles. The van der Waals surface area contributed by atoms with Gasteiger partial charge in [-0.25, -0.2) is 0 Å². The highest BCUT2D eigenvalue weighted by molar-refractivity contribution is 5.81. The summed E-state index contributed by atoms with van der Waals surface area (Å²) in [5.41, 5.74) is 3.63. The van der Waals surface area contributed by atoms with Crippen LogP contribution in [0.2, 0.25) is 0 Å². The maximum Gasteiger partial charge on any atom is 0.261 e. The van der Waals surface area contributed by atoms with Crippen molar-refractivity contribution in [1.82, 2.24) is 5.32 Å². The molecule has 0 aliphatic carbocycles. The van der Waals surface area contributed by atoms with Crippen LogP contribution in [-0.2, 0) is 10.2 Å². The van der Waals surface area contributed by atoms with Gasteiger partial charge in [-0.15, -0.1) is 0 Å². The van der Waals surface area contributed by atoms with Gasteiger partial charge in [0, 0.05) is 0 Å². The molecule has 2 aromatic carbocycles. The van der Waals surface area contributed by atoms with E-state index in [0.29, 0.717) is 5.75 Å². The average molecular weight is 339 g/mol. The van der Waals surface area contributed by atoms with E-state index in [2.05, 4.69) is 50.4 Å². The molecule has 0 bridgehead atoms. The number of ether oxygens (including phenoxy) is 1. The first kappa shape index (κ1) is 19.0. The molecule has 3 heteroatoms. The Hall–Kier alpha value is -2.29. The summed E-state index contributed by atoms with van der Waals surface area (Å²) < 4.78 is 5.79. The summed E-state index contributed by atoms with van der Waals surface area (Å²) in [5.74, 6) is 0.589. The molecule has 1 amide bonds. The van der Waals surface area contributed by atoms with Crippen LogP contribution in [0.15, 0.2) is 48.5 Å². The van der Waals surface area contributed by atoms with Gasteiger partial charge in [-0.1, -0.05) is 62.7 Å². The molecule has 0 saturated carbocycles. The van der Waals surface area contributed by atoms with E-state index >= 15 is 0 Å². The zero-order valence-electron chi connectivity index (χ0n) is 16.1. The van der Waals surface area contributed by atoms with Gasteiger partial charge in [0.1, 0.15) is 5.75 Å². The maximum atomic E-state index is 12.4. The maximum absolute atomic E-state index is 12.4. The van der Waals surface area contributed by atoms with Crippen molar-refractivity contribution in [2.75, 3.05) is 0 Å². The minimum atomic E-state index is -0.548. The fraction of sp³-hybridized carbons (Fsp3) is 0.409. The molecule has 0 radical (unpaired) electrons. The second kappa shape index (κ2) is 7.73. The van der Waals surface area contributed by atoms with Gasteiger partial charge in [0.05, 0.1) is 6.04 Å². The molecular weight excluding hydrogens is 310 g/mol. The number of nitrogens with one attached hydrogen (secondary N) is 1. The normalized spacial score (nSPS) is 13.8. The predicted octanol–water partition coefficient (Wildman–Crippen LogP) is 4.94. The number of benzene rings is 2. The standard InChI is InChI=1S/C22H29NO2/c1-15-7-9-18(10-8-15)16(2)23-21(24)17(3)25-20-13-11-19(12-14-20)22(4,5)6/h7-14,16-17H,1-6H3,(H,23,24)/t16-,17+/m0/s1. The Morgan fingerprint density at radius 3 is 2.04 bits per heavy atom. The number of amides is 1. The van der Waals surface area contributed by atoms with Crippen LogP contribution in [-0.4, -0.2) is 12.0 Å². The summed E-state index contributed by atoms with van der Waals surface area (Å²) in [6.07, 6.45) is -0.548. The van der Waals surface area contributed by atoms with Crippen LogP contribution in [0.1, 0.15) is 57.4 Å². The number of hydrogen-bond donors (Lipinski definition) is 1. The lowest BCUT2D eigenvalue weighted by Crippen LogP contribution is -2.37. The Morgan fingerprint density at radius 1 is 0.960 bits per heavy atom. The van der Waals surface area contributed by atoms with Gasteiger partial charge in [0.2, 0.25) is 0 Å². The summed E-state index contributed by atoms with van der Waals surface area (Å²) >= 11 is 0. The molecule has 134 valence electrons. The van der Waals surface area contributed by atoms with Crippen molar-refractivity contribution < 1.29 is 9.53 Å². The fourth-order valence-electron chi connectivity index (χ4n) is 2.56. The van der Waals surface area contributed by atoms with Crippen LogP contribution in [0, 0.1) is 6.92 Å². The molecule has 2 atom stereocenters. The highest BCUT2D eigenvalue weighted by atomic mass is 16.5. The summed E-state index contributed by atoms with van der Waals surface area (Å²) in [5, 5.41) is 3.01. The van der Waals surface area contributed by atoms with E-state index in [1.807, 2.05) is 38.1 Å². The third-order valence-corrected chi connectivity index (χ3v) is 4.34. The largest absolute Gasteiger partial charge is 0.481 e. The second-order valence-electron chi connectivity index (χ2n) is 7.68. The summed E-state index contributed by atoms with van der Waals surface area (Å²) in [7, 11) is 0. The Balaban J connectivity index is 1.94. The lowest BCUT2D eigenvalue weighted by molar-refractivity contribution is -0.127. The highest BCUT2D eigenvalue weighted by Crippen LogP contribution is 2.24. The molecule has 0 aromatic heterocycles. The third-order valence-electron chi connectivity index (χ3n) is 4.34. The van der Waals surface area contributed by atoms with E-state index in [4.69, 9.17) is 4.74 Å². The number of hydrogen-bond acceptors (Lipinski definition) is 2. The van der Waals surface area contributed by atoms with Gasteiger partial charge in [-0.3, -0.25) is 4.79 Å². The van der Waals surface area contributed by atoms with E-state index in [-0.39, 0.29) is 17.4 Å². The summed E-state index contributed by atoms with van der Waals surface area (Å²) in [6, 6.07) is 16.1. The van der Waals surface area contributed by atoms with Gasteiger partial charge in [-0.05, 0) is 49.4 Å². The van der Waals surface area contributed by atoms with Crippen molar-refractivity contribution in [2.24, 2.45) is 0 Å².